The van der Waals surface area contributed by atoms with E-state index in [0.717, 1.165) is 6.07 Å². The molecule has 0 amide bonds. The molecule has 3 aromatic rings. The lowest BCUT2D eigenvalue weighted by Gasteiger charge is -2.38. The van der Waals surface area contributed by atoms with Gasteiger partial charge in [0.1, 0.15) is 52.3 Å². The van der Waals surface area contributed by atoms with Crippen LogP contribution in [0.2, 0.25) is 0 Å². The van der Waals surface area contributed by atoms with E-state index in [0.29, 0.717) is 5.56 Å². The Labute approximate surface area is 170 Å². The van der Waals surface area contributed by atoms with Crippen LogP contribution < -0.4 is 10.2 Å². The van der Waals surface area contributed by atoms with E-state index in [4.69, 9.17) is 13.9 Å². The summed E-state index contributed by atoms with van der Waals surface area (Å²) in [5.74, 6) is -0.105. The van der Waals surface area contributed by atoms with Crippen molar-refractivity contribution in [1.82, 2.24) is 0 Å². The van der Waals surface area contributed by atoms with Crippen LogP contribution in [0.4, 0.5) is 0 Å². The Morgan fingerprint density at radius 1 is 0.933 bits per heavy atom. The first-order valence-corrected chi connectivity index (χ1v) is 9.21. The first kappa shape index (κ1) is 20.2. The van der Waals surface area contributed by atoms with Crippen molar-refractivity contribution in [2.45, 2.75) is 37.6 Å². The van der Waals surface area contributed by atoms with Crippen LogP contribution in [0, 0.1) is 0 Å². The molecule has 158 valence electrons. The van der Waals surface area contributed by atoms with Crippen LogP contribution in [-0.2, 0) is 4.74 Å². The van der Waals surface area contributed by atoms with Gasteiger partial charge in [0.15, 0.2) is 5.43 Å². The van der Waals surface area contributed by atoms with E-state index in [-0.39, 0.29) is 28.2 Å². The molecule has 1 aromatic heterocycles. The third kappa shape index (κ3) is 3.59. The number of rotatable bonds is 3. The van der Waals surface area contributed by atoms with E-state index in [2.05, 4.69) is 0 Å². The third-order valence-electron chi connectivity index (χ3n) is 5.00. The summed E-state index contributed by atoms with van der Waals surface area (Å²) >= 11 is 0. The maximum Gasteiger partial charge on any atom is 0.229 e. The number of fused-ring (bicyclic) bond motifs is 1. The van der Waals surface area contributed by atoms with Crippen molar-refractivity contribution in [2.75, 3.05) is 0 Å². The standard InChI is InChI=1S/C21H20O9/c1-9-18(25)19(26)20(27)21(28-9)29-12-6-13(23)17-14(24)8-15(30-16(17)7-12)10-2-4-11(22)5-3-10/h2-9,18-23,25-27H,1H3/t9?,18-,19-,20?,21-/m0/s1. The summed E-state index contributed by atoms with van der Waals surface area (Å²) in [6, 6.07) is 9.76. The molecule has 1 aliphatic heterocycles. The fraction of sp³-hybridized carbons (Fsp3) is 0.286. The van der Waals surface area contributed by atoms with Gasteiger partial charge in [-0.15, -0.1) is 0 Å². The molecule has 0 aliphatic carbocycles. The highest BCUT2D eigenvalue weighted by atomic mass is 16.7. The molecule has 2 heterocycles. The number of aliphatic hydroxyl groups is 3. The maximum absolute atomic E-state index is 12.5. The average Bonchev–Trinajstić information content (AvgIpc) is 2.70. The van der Waals surface area contributed by atoms with Crippen LogP contribution in [0.15, 0.2) is 51.7 Å². The van der Waals surface area contributed by atoms with E-state index in [1.54, 1.807) is 12.1 Å². The summed E-state index contributed by atoms with van der Waals surface area (Å²) in [5.41, 5.74) is 0.0820. The molecule has 0 radical (unpaired) electrons. The van der Waals surface area contributed by atoms with E-state index in [1.807, 2.05) is 0 Å². The minimum absolute atomic E-state index is 0.0193. The molecule has 4 rings (SSSR count). The molecule has 0 saturated carbocycles. The van der Waals surface area contributed by atoms with Crippen LogP contribution in [0.3, 0.4) is 0 Å². The number of aromatic hydroxyl groups is 2. The molecular weight excluding hydrogens is 396 g/mol. The van der Waals surface area contributed by atoms with Crippen molar-refractivity contribution in [3.8, 4) is 28.6 Å². The maximum atomic E-state index is 12.5. The molecule has 30 heavy (non-hydrogen) atoms. The van der Waals surface area contributed by atoms with Gasteiger partial charge in [-0.2, -0.15) is 0 Å². The average molecular weight is 416 g/mol. The Hall–Kier alpha value is -3.11. The summed E-state index contributed by atoms with van der Waals surface area (Å²) in [4.78, 5) is 12.5. The molecular formula is C21H20O9. The SMILES string of the molecule is CC1O[C@@H](Oc2cc(O)c3c(=O)cc(-c4ccc(O)cc4)oc3c2)C(O)[C@@H](O)[C@H]1O. The van der Waals surface area contributed by atoms with Crippen LogP contribution in [0.5, 0.6) is 17.2 Å². The van der Waals surface area contributed by atoms with Crippen LogP contribution in [0.1, 0.15) is 6.92 Å². The predicted octanol–water partition coefficient (Wildman–Crippen LogP) is 1.08. The van der Waals surface area contributed by atoms with Gasteiger partial charge in [-0.1, -0.05) is 0 Å². The largest absolute Gasteiger partial charge is 0.508 e. The lowest BCUT2D eigenvalue weighted by Crippen LogP contribution is -2.58. The van der Waals surface area contributed by atoms with Crippen LogP contribution >= 0.6 is 0 Å². The van der Waals surface area contributed by atoms with E-state index >= 15 is 0 Å². The quantitative estimate of drug-likeness (QED) is 0.423. The molecule has 1 aliphatic rings. The summed E-state index contributed by atoms with van der Waals surface area (Å²) in [6.45, 7) is 1.51. The predicted molar refractivity (Wildman–Crippen MR) is 104 cm³/mol. The number of hydrogen-bond acceptors (Lipinski definition) is 9. The van der Waals surface area contributed by atoms with Crippen molar-refractivity contribution < 1.29 is 39.4 Å². The van der Waals surface area contributed by atoms with Gasteiger partial charge in [0.05, 0.1) is 6.10 Å². The third-order valence-corrected chi connectivity index (χ3v) is 5.00. The molecule has 9 heteroatoms. The van der Waals surface area contributed by atoms with Crippen molar-refractivity contribution in [2.24, 2.45) is 0 Å². The highest BCUT2D eigenvalue weighted by Crippen LogP contribution is 2.33. The summed E-state index contributed by atoms with van der Waals surface area (Å²) in [7, 11) is 0. The van der Waals surface area contributed by atoms with Gasteiger partial charge in [-0.05, 0) is 31.2 Å². The summed E-state index contributed by atoms with van der Waals surface area (Å²) in [5, 5.41) is 49.5. The topological polar surface area (TPSA) is 150 Å². The Balaban J connectivity index is 1.72. The van der Waals surface area contributed by atoms with Crippen molar-refractivity contribution in [3.63, 3.8) is 0 Å². The smallest absolute Gasteiger partial charge is 0.229 e. The Bertz CT molecular complexity index is 1120. The number of ether oxygens (including phenoxy) is 2. The van der Waals surface area contributed by atoms with Crippen LogP contribution in [-0.4, -0.2) is 56.2 Å². The fourth-order valence-corrected chi connectivity index (χ4v) is 3.32. The molecule has 2 aromatic carbocycles. The number of aliphatic hydroxyl groups excluding tert-OH is 3. The first-order valence-electron chi connectivity index (χ1n) is 9.21. The first-order chi connectivity index (χ1) is 14.2. The highest BCUT2D eigenvalue weighted by molar-refractivity contribution is 5.86. The second-order valence-electron chi connectivity index (χ2n) is 7.14. The van der Waals surface area contributed by atoms with Crippen molar-refractivity contribution >= 4 is 11.0 Å². The minimum Gasteiger partial charge on any atom is -0.508 e. The van der Waals surface area contributed by atoms with E-state index in [9.17, 15) is 30.3 Å². The van der Waals surface area contributed by atoms with Gasteiger partial charge in [0, 0.05) is 23.8 Å². The molecule has 1 saturated heterocycles. The van der Waals surface area contributed by atoms with Gasteiger partial charge in [-0.25, -0.2) is 0 Å². The number of hydrogen-bond donors (Lipinski definition) is 5. The molecule has 5 N–H and O–H groups in total. The Morgan fingerprint density at radius 3 is 2.33 bits per heavy atom. The van der Waals surface area contributed by atoms with Crippen molar-refractivity contribution in [1.29, 1.82) is 0 Å². The van der Waals surface area contributed by atoms with Crippen LogP contribution in [0.25, 0.3) is 22.3 Å². The summed E-state index contributed by atoms with van der Waals surface area (Å²) in [6.07, 6.45) is -6.42. The van der Waals surface area contributed by atoms with Gasteiger partial charge < -0.3 is 39.4 Å². The van der Waals surface area contributed by atoms with Gasteiger partial charge in [0.2, 0.25) is 6.29 Å². The van der Waals surface area contributed by atoms with Gasteiger partial charge in [-0.3, -0.25) is 4.79 Å². The zero-order chi connectivity index (χ0) is 21.6. The number of benzene rings is 2. The molecule has 9 nitrogen and oxygen atoms in total. The molecule has 5 atom stereocenters. The number of phenols is 2. The minimum atomic E-state index is -1.54. The van der Waals surface area contributed by atoms with Gasteiger partial charge >= 0.3 is 0 Å². The van der Waals surface area contributed by atoms with E-state index < -0.39 is 41.9 Å². The second-order valence-corrected chi connectivity index (χ2v) is 7.14. The highest BCUT2D eigenvalue weighted by Gasteiger charge is 2.43. The van der Waals surface area contributed by atoms with Gasteiger partial charge in [0.25, 0.3) is 0 Å². The monoisotopic (exact) mass is 416 g/mol. The molecule has 1 fully saturated rings. The number of phenolic OH excluding ortho intramolecular Hbond substituents is 2. The Kier molecular flexibility index (Phi) is 5.12. The zero-order valence-corrected chi connectivity index (χ0v) is 15.8. The zero-order valence-electron chi connectivity index (χ0n) is 15.8. The molecule has 2 unspecified atom stereocenters. The normalized spacial score (nSPS) is 26.6. The van der Waals surface area contributed by atoms with E-state index in [1.165, 1.54) is 31.2 Å². The summed E-state index contributed by atoms with van der Waals surface area (Å²) < 4.78 is 16.7. The second kappa shape index (κ2) is 7.62. The van der Waals surface area contributed by atoms with Crippen molar-refractivity contribution in [3.05, 3.63) is 52.7 Å². The fourth-order valence-electron chi connectivity index (χ4n) is 3.32. The molecule has 0 bridgehead atoms. The lowest BCUT2D eigenvalue weighted by molar-refractivity contribution is -0.268. The molecule has 0 spiro atoms. The Morgan fingerprint density at radius 2 is 1.63 bits per heavy atom. The lowest BCUT2D eigenvalue weighted by atomic mass is 10.00.